The van der Waals surface area contributed by atoms with Gasteiger partial charge in [-0.2, -0.15) is 0 Å². The number of hydrogen-bond acceptors (Lipinski definition) is 4. The van der Waals surface area contributed by atoms with Gasteiger partial charge in [0.15, 0.2) is 0 Å². The van der Waals surface area contributed by atoms with E-state index in [-0.39, 0.29) is 0 Å². The third kappa shape index (κ3) is 2.78. The molecule has 6 nitrogen and oxygen atoms in total. The summed E-state index contributed by atoms with van der Waals surface area (Å²) in [6.07, 6.45) is 0. The molecule has 0 spiro atoms. The summed E-state index contributed by atoms with van der Waals surface area (Å²) in [7, 11) is 2.70. The van der Waals surface area contributed by atoms with E-state index in [1.54, 1.807) is 24.3 Å². The zero-order valence-electron chi connectivity index (χ0n) is 10.4. The summed E-state index contributed by atoms with van der Waals surface area (Å²) < 4.78 is 9.71. The molecule has 0 radical (unpaired) electrons. The first kappa shape index (κ1) is 14.0. The van der Waals surface area contributed by atoms with Crippen LogP contribution in [0.1, 0.15) is 6.92 Å². The number of ether oxygens (including phenoxy) is 2. The van der Waals surface area contributed by atoms with Crippen LogP contribution >= 0.6 is 0 Å². The highest BCUT2D eigenvalue weighted by Crippen LogP contribution is 2.18. The van der Waals surface area contributed by atoms with Crippen LogP contribution in [0.25, 0.3) is 0 Å². The maximum atomic E-state index is 11.8. The number of carbonyl (C=O) groups is 2. The predicted octanol–water partition coefficient (Wildman–Crippen LogP) is 1.12. The molecule has 2 N–H and O–H groups in total. The molecule has 0 aliphatic heterocycles. The van der Waals surface area contributed by atoms with Crippen molar-refractivity contribution in [1.82, 2.24) is 0 Å². The monoisotopic (exact) mass is 253 g/mol. The molecular formula is C12H15NO5. The van der Waals surface area contributed by atoms with Gasteiger partial charge in [0.1, 0.15) is 5.75 Å². The molecule has 1 rings (SSSR count). The normalized spacial score (nSPS) is 13.5. The first-order valence-electron chi connectivity index (χ1n) is 5.18. The third-order valence-electron chi connectivity index (χ3n) is 2.60. The minimum Gasteiger partial charge on any atom is -0.497 e. The molecule has 0 bridgehead atoms. The van der Waals surface area contributed by atoms with E-state index in [0.29, 0.717) is 11.4 Å². The van der Waals surface area contributed by atoms with Crippen LogP contribution in [-0.4, -0.2) is 36.8 Å². The zero-order valence-corrected chi connectivity index (χ0v) is 10.4. The minimum absolute atomic E-state index is 0.463. The number of aliphatic carboxylic acids is 1. The van der Waals surface area contributed by atoms with E-state index in [4.69, 9.17) is 14.6 Å². The van der Waals surface area contributed by atoms with Crippen molar-refractivity contribution >= 4 is 17.6 Å². The first-order chi connectivity index (χ1) is 8.43. The Morgan fingerprint density at radius 1 is 1.22 bits per heavy atom. The molecule has 98 valence electrons. The fourth-order valence-electron chi connectivity index (χ4n) is 1.20. The van der Waals surface area contributed by atoms with E-state index in [0.717, 1.165) is 0 Å². The van der Waals surface area contributed by atoms with E-state index >= 15 is 0 Å². The fraction of sp³-hybridized carbons (Fsp3) is 0.333. The van der Waals surface area contributed by atoms with Crippen LogP contribution < -0.4 is 10.1 Å². The van der Waals surface area contributed by atoms with Gasteiger partial charge in [0.2, 0.25) is 5.60 Å². The maximum absolute atomic E-state index is 11.8. The van der Waals surface area contributed by atoms with Gasteiger partial charge >= 0.3 is 5.97 Å². The van der Waals surface area contributed by atoms with Gasteiger partial charge < -0.3 is 19.9 Å². The number of carboxylic acids is 1. The van der Waals surface area contributed by atoms with Crippen LogP contribution in [0.5, 0.6) is 5.75 Å². The van der Waals surface area contributed by atoms with Gasteiger partial charge in [0, 0.05) is 12.8 Å². The topological polar surface area (TPSA) is 84.9 Å². The quantitative estimate of drug-likeness (QED) is 0.768. The van der Waals surface area contributed by atoms with Gasteiger partial charge in [0.25, 0.3) is 5.91 Å². The summed E-state index contributed by atoms with van der Waals surface area (Å²) >= 11 is 0. The molecular weight excluding hydrogens is 238 g/mol. The molecule has 1 unspecified atom stereocenters. The Bertz CT molecular complexity index is 442. The van der Waals surface area contributed by atoms with Crippen LogP contribution in [0.15, 0.2) is 24.3 Å². The van der Waals surface area contributed by atoms with E-state index in [9.17, 15) is 9.59 Å². The number of amides is 1. The van der Waals surface area contributed by atoms with Crippen molar-refractivity contribution in [1.29, 1.82) is 0 Å². The fourth-order valence-corrected chi connectivity index (χ4v) is 1.20. The van der Waals surface area contributed by atoms with Crippen molar-refractivity contribution < 1.29 is 24.2 Å². The lowest BCUT2D eigenvalue weighted by Gasteiger charge is -2.21. The smallest absolute Gasteiger partial charge is 0.345 e. The second-order valence-corrected chi connectivity index (χ2v) is 3.73. The summed E-state index contributed by atoms with van der Waals surface area (Å²) in [6, 6.07) is 6.52. The summed E-state index contributed by atoms with van der Waals surface area (Å²) in [5.74, 6) is -1.46. The molecule has 1 atom stereocenters. The number of methoxy groups -OCH3 is 2. The van der Waals surface area contributed by atoms with Crippen molar-refractivity contribution in [2.75, 3.05) is 19.5 Å². The standard InChI is InChI=1S/C12H15NO5/c1-12(18-3,11(15)16)10(14)13-8-4-6-9(17-2)7-5-8/h4-7H,1-3H3,(H,13,14)(H,15,16). The number of nitrogens with one attached hydrogen (secondary N) is 1. The highest BCUT2D eigenvalue weighted by Gasteiger charge is 2.41. The van der Waals surface area contributed by atoms with Crippen LogP contribution in [-0.2, 0) is 14.3 Å². The van der Waals surface area contributed by atoms with Gasteiger partial charge in [-0.05, 0) is 31.2 Å². The molecule has 0 heterocycles. The Kier molecular flexibility index (Phi) is 4.28. The van der Waals surface area contributed by atoms with Crippen LogP contribution in [0.2, 0.25) is 0 Å². The van der Waals surface area contributed by atoms with Gasteiger partial charge in [-0.25, -0.2) is 4.79 Å². The van der Waals surface area contributed by atoms with E-state index in [2.05, 4.69) is 5.32 Å². The average Bonchev–Trinajstić information content (AvgIpc) is 2.38. The van der Waals surface area contributed by atoms with Crippen molar-refractivity contribution in [2.24, 2.45) is 0 Å². The summed E-state index contributed by atoms with van der Waals surface area (Å²) in [5.41, 5.74) is -1.45. The maximum Gasteiger partial charge on any atom is 0.345 e. The second kappa shape index (κ2) is 5.50. The Morgan fingerprint density at radius 3 is 2.17 bits per heavy atom. The number of carbonyl (C=O) groups excluding carboxylic acids is 1. The predicted molar refractivity (Wildman–Crippen MR) is 64.7 cm³/mol. The van der Waals surface area contributed by atoms with Gasteiger partial charge in [-0.15, -0.1) is 0 Å². The molecule has 1 aromatic carbocycles. The first-order valence-corrected chi connectivity index (χ1v) is 5.18. The number of benzene rings is 1. The summed E-state index contributed by atoms with van der Waals surface area (Å²) in [5, 5.41) is 11.4. The molecule has 0 saturated carbocycles. The minimum atomic E-state index is -1.92. The van der Waals surface area contributed by atoms with E-state index < -0.39 is 17.5 Å². The van der Waals surface area contributed by atoms with Crippen molar-refractivity contribution in [3.8, 4) is 5.75 Å². The van der Waals surface area contributed by atoms with Crippen LogP contribution in [0.4, 0.5) is 5.69 Å². The van der Waals surface area contributed by atoms with Crippen molar-refractivity contribution in [3.63, 3.8) is 0 Å². The van der Waals surface area contributed by atoms with Crippen molar-refractivity contribution in [3.05, 3.63) is 24.3 Å². The number of anilines is 1. The summed E-state index contributed by atoms with van der Waals surface area (Å²) in [6.45, 7) is 1.19. The molecule has 0 saturated heterocycles. The molecule has 18 heavy (non-hydrogen) atoms. The highest BCUT2D eigenvalue weighted by atomic mass is 16.5. The highest BCUT2D eigenvalue weighted by molar-refractivity contribution is 6.11. The Hall–Kier alpha value is -2.08. The van der Waals surface area contributed by atoms with Gasteiger partial charge in [-0.3, -0.25) is 4.79 Å². The van der Waals surface area contributed by atoms with Gasteiger partial charge in [0.05, 0.1) is 7.11 Å². The Balaban J connectivity index is 2.83. The lowest BCUT2D eigenvalue weighted by molar-refractivity contribution is -0.165. The van der Waals surface area contributed by atoms with Crippen LogP contribution in [0, 0.1) is 0 Å². The summed E-state index contributed by atoms with van der Waals surface area (Å²) in [4.78, 5) is 22.8. The molecule has 1 amide bonds. The molecule has 6 heteroatoms. The van der Waals surface area contributed by atoms with E-state index in [1.807, 2.05) is 0 Å². The number of hydrogen-bond donors (Lipinski definition) is 2. The largest absolute Gasteiger partial charge is 0.497 e. The Labute approximate surface area is 105 Å². The van der Waals surface area contributed by atoms with E-state index in [1.165, 1.54) is 21.1 Å². The Morgan fingerprint density at radius 2 is 1.78 bits per heavy atom. The SMILES string of the molecule is COc1ccc(NC(=O)C(C)(OC)C(=O)O)cc1. The number of rotatable bonds is 5. The lowest BCUT2D eigenvalue weighted by Crippen LogP contribution is -2.48. The molecule has 1 aromatic rings. The van der Waals surface area contributed by atoms with Gasteiger partial charge in [-0.1, -0.05) is 0 Å². The number of carboxylic acid groups (broad SMARTS) is 1. The lowest BCUT2D eigenvalue weighted by atomic mass is 10.1. The average molecular weight is 253 g/mol. The molecule has 0 aromatic heterocycles. The second-order valence-electron chi connectivity index (χ2n) is 3.73. The third-order valence-corrected chi connectivity index (χ3v) is 2.60. The molecule has 0 aliphatic rings. The molecule has 0 fully saturated rings. The zero-order chi connectivity index (χ0) is 13.8. The molecule has 0 aliphatic carbocycles. The van der Waals surface area contributed by atoms with Crippen LogP contribution in [0.3, 0.4) is 0 Å². The van der Waals surface area contributed by atoms with Crippen molar-refractivity contribution in [2.45, 2.75) is 12.5 Å².